The van der Waals surface area contributed by atoms with Crippen molar-refractivity contribution in [3.05, 3.63) is 0 Å². The van der Waals surface area contributed by atoms with E-state index in [1.165, 1.54) is 13.8 Å². The van der Waals surface area contributed by atoms with Gasteiger partial charge in [0.05, 0.1) is 14.1 Å². The topological polar surface area (TPSA) is 86.7 Å². The first-order valence-electron chi connectivity index (χ1n) is 6.74. The number of hydrogen-bond donors (Lipinski definition) is 0. The number of rotatable bonds is 10. The lowest BCUT2D eigenvalue weighted by Crippen LogP contribution is -2.45. The number of Topliss-reactive ketones (excluding diaryl/α,β-unsaturated/α-hetero) is 2. The van der Waals surface area contributed by atoms with Gasteiger partial charge in [-0.2, -0.15) is 0 Å². The molecule has 0 spiro atoms. The summed E-state index contributed by atoms with van der Waals surface area (Å²) in [6, 6.07) is 0. The quantitative estimate of drug-likeness (QED) is 0.323. The zero-order chi connectivity index (χ0) is 16.5. The van der Waals surface area contributed by atoms with Crippen LogP contribution in [0.4, 0.5) is 0 Å². The van der Waals surface area contributed by atoms with Gasteiger partial charge in [-0.1, -0.05) is 0 Å². The molecule has 0 amide bonds. The van der Waals surface area contributed by atoms with Crippen LogP contribution in [0, 0.1) is 0 Å². The lowest BCUT2D eigenvalue weighted by atomic mass is 10.3. The summed E-state index contributed by atoms with van der Waals surface area (Å²) >= 11 is 0. The SMILES string of the molecule is CC(=O)CC(=O)OCC[N+](C)(C)CCOC(=O)CC(C)=O. The molecule has 0 aliphatic rings. The van der Waals surface area contributed by atoms with Crippen molar-refractivity contribution in [2.75, 3.05) is 40.4 Å². The summed E-state index contributed by atoms with van der Waals surface area (Å²) in [4.78, 5) is 43.8. The van der Waals surface area contributed by atoms with Crippen LogP contribution < -0.4 is 0 Å². The molecule has 0 atom stereocenters. The predicted octanol–water partition coefficient (Wildman–Crippen LogP) is 0.107. The van der Waals surface area contributed by atoms with E-state index in [1.807, 2.05) is 14.1 Å². The van der Waals surface area contributed by atoms with Crippen molar-refractivity contribution in [3.63, 3.8) is 0 Å². The van der Waals surface area contributed by atoms with E-state index in [0.717, 1.165) is 0 Å². The Morgan fingerprint density at radius 3 is 1.38 bits per heavy atom. The normalized spacial score (nSPS) is 10.9. The average molecular weight is 302 g/mol. The van der Waals surface area contributed by atoms with E-state index in [0.29, 0.717) is 17.6 Å². The number of carbonyl (C=O) groups is 4. The van der Waals surface area contributed by atoms with Crippen molar-refractivity contribution in [1.29, 1.82) is 0 Å². The molecule has 0 aromatic rings. The van der Waals surface area contributed by atoms with Crippen molar-refractivity contribution in [2.45, 2.75) is 26.7 Å². The Hall–Kier alpha value is -1.76. The molecule has 7 nitrogen and oxygen atoms in total. The van der Waals surface area contributed by atoms with Crippen molar-refractivity contribution in [3.8, 4) is 0 Å². The molecule has 0 aromatic heterocycles. The molecule has 0 radical (unpaired) electrons. The second-order valence-corrected chi connectivity index (χ2v) is 5.58. The highest BCUT2D eigenvalue weighted by Gasteiger charge is 2.17. The van der Waals surface area contributed by atoms with Crippen LogP contribution in [0.3, 0.4) is 0 Å². The van der Waals surface area contributed by atoms with E-state index in [9.17, 15) is 19.2 Å². The summed E-state index contributed by atoms with van der Waals surface area (Å²) < 4.78 is 10.4. The van der Waals surface area contributed by atoms with Gasteiger partial charge in [0.25, 0.3) is 0 Å². The summed E-state index contributed by atoms with van der Waals surface area (Å²) in [5, 5.41) is 0. The molecule has 0 saturated heterocycles. The number of esters is 2. The fraction of sp³-hybridized carbons (Fsp3) is 0.714. The fourth-order valence-corrected chi connectivity index (χ4v) is 1.43. The summed E-state index contributed by atoms with van der Waals surface area (Å²) in [5.41, 5.74) is 0. The van der Waals surface area contributed by atoms with Gasteiger partial charge in [-0.3, -0.25) is 19.2 Å². The summed E-state index contributed by atoms with van der Waals surface area (Å²) in [7, 11) is 3.80. The van der Waals surface area contributed by atoms with Crippen LogP contribution in [0.25, 0.3) is 0 Å². The molecule has 7 heteroatoms. The van der Waals surface area contributed by atoms with Gasteiger partial charge >= 0.3 is 11.9 Å². The van der Waals surface area contributed by atoms with Crippen molar-refractivity contribution >= 4 is 23.5 Å². The first-order chi connectivity index (χ1) is 9.62. The van der Waals surface area contributed by atoms with Gasteiger partial charge in [-0.05, 0) is 13.8 Å². The fourth-order valence-electron chi connectivity index (χ4n) is 1.43. The Morgan fingerprint density at radius 1 is 0.762 bits per heavy atom. The van der Waals surface area contributed by atoms with Gasteiger partial charge in [0.2, 0.25) is 0 Å². The largest absolute Gasteiger partial charge is 0.459 e. The van der Waals surface area contributed by atoms with Crippen LogP contribution >= 0.6 is 0 Å². The van der Waals surface area contributed by atoms with Gasteiger partial charge in [-0.25, -0.2) is 0 Å². The molecule has 0 bridgehead atoms. The van der Waals surface area contributed by atoms with E-state index in [4.69, 9.17) is 9.47 Å². The molecular formula is C14H24NO6+. The van der Waals surface area contributed by atoms with Crippen LogP contribution in [0.1, 0.15) is 26.7 Å². The standard InChI is InChI=1S/C14H24NO6/c1-11(16)9-13(18)20-7-5-15(3,4)6-8-21-14(19)10-12(2)17/h5-10H2,1-4H3/q+1. The highest BCUT2D eigenvalue weighted by Crippen LogP contribution is 1.99. The van der Waals surface area contributed by atoms with Gasteiger partial charge in [0, 0.05) is 0 Å². The molecule has 0 aliphatic heterocycles. The van der Waals surface area contributed by atoms with Gasteiger partial charge < -0.3 is 14.0 Å². The maximum absolute atomic E-state index is 11.2. The highest BCUT2D eigenvalue weighted by atomic mass is 16.5. The van der Waals surface area contributed by atoms with Crippen LogP contribution in [-0.4, -0.2) is 68.4 Å². The number of likely N-dealkylation sites (N-methyl/N-ethyl adjacent to an activating group) is 1. The number of nitrogens with zero attached hydrogens (tertiary/aromatic N) is 1. The molecule has 0 fully saturated rings. The van der Waals surface area contributed by atoms with Crippen molar-refractivity contribution in [1.82, 2.24) is 0 Å². The van der Waals surface area contributed by atoms with E-state index >= 15 is 0 Å². The smallest absolute Gasteiger partial charge is 0.313 e. The first-order valence-corrected chi connectivity index (χ1v) is 6.74. The summed E-state index contributed by atoms with van der Waals surface area (Å²) in [5.74, 6) is -1.52. The summed E-state index contributed by atoms with van der Waals surface area (Å²) in [6.45, 7) is 4.12. The number of quaternary nitrogens is 1. The third-order valence-electron chi connectivity index (χ3n) is 2.71. The number of ketones is 2. The molecule has 0 aromatic carbocycles. The van der Waals surface area contributed by atoms with Gasteiger partial charge in [0.15, 0.2) is 0 Å². The van der Waals surface area contributed by atoms with Gasteiger partial charge in [-0.15, -0.1) is 0 Å². The van der Waals surface area contributed by atoms with E-state index in [-0.39, 0.29) is 37.6 Å². The molecule has 0 N–H and O–H groups in total. The number of carbonyl (C=O) groups excluding carboxylic acids is 4. The first kappa shape index (κ1) is 19.2. The average Bonchev–Trinajstić information content (AvgIpc) is 2.25. The number of hydrogen-bond acceptors (Lipinski definition) is 6. The highest BCUT2D eigenvalue weighted by molar-refractivity contribution is 5.94. The third kappa shape index (κ3) is 11.7. The molecule has 0 rings (SSSR count). The molecule has 0 heterocycles. The number of ether oxygens (including phenoxy) is 2. The molecule has 0 unspecified atom stereocenters. The molecule has 0 aliphatic carbocycles. The predicted molar refractivity (Wildman–Crippen MR) is 74.4 cm³/mol. The second-order valence-electron chi connectivity index (χ2n) is 5.58. The maximum atomic E-state index is 11.2. The monoisotopic (exact) mass is 302 g/mol. The van der Waals surface area contributed by atoms with E-state index in [2.05, 4.69) is 0 Å². The third-order valence-corrected chi connectivity index (χ3v) is 2.71. The van der Waals surface area contributed by atoms with Crippen LogP contribution in [0.5, 0.6) is 0 Å². The lowest BCUT2D eigenvalue weighted by Gasteiger charge is -2.29. The minimum absolute atomic E-state index is 0.195. The Balaban J connectivity index is 3.88. The molecule has 120 valence electrons. The van der Waals surface area contributed by atoms with Crippen molar-refractivity contribution < 1.29 is 33.1 Å². The molecular weight excluding hydrogens is 278 g/mol. The zero-order valence-electron chi connectivity index (χ0n) is 13.1. The Morgan fingerprint density at radius 2 is 1.10 bits per heavy atom. The van der Waals surface area contributed by atoms with Gasteiger partial charge in [0.1, 0.15) is 50.7 Å². The zero-order valence-corrected chi connectivity index (χ0v) is 13.1. The minimum atomic E-state index is -0.532. The Kier molecular flexibility index (Phi) is 8.45. The minimum Gasteiger partial charge on any atom is -0.459 e. The van der Waals surface area contributed by atoms with Crippen LogP contribution in [-0.2, 0) is 28.7 Å². The van der Waals surface area contributed by atoms with E-state index < -0.39 is 11.9 Å². The maximum Gasteiger partial charge on any atom is 0.313 e. The van der Waals surface area contributed by atoms with Crippen molar-refractivity contribution in [2.24, 2.45) is 0 Å². The Labute approximate surface area is 124 Å². The molecule has 21 heavy (non-hydrogen) atoms. The van der Waals surface area contributed by atoms with E-state index in [1.54, 1.807) is 0 Å². The van der Waals surface area contributed by atoms with Crippen LogP contribution in [0.2, 0.25) is 0 Å². The summed E-state index contributed by atoms with van der Waals surface area (Å²) in [6.07, 6.45) is -0.424. The van der Waals surface area contributed by atoms with Crippen LogP contribution in [0.15, 0.2) is 0 Å². The lowest BCUT2D eigenvalue weighted by molar-refractivity contribution is -0.890. The second kappa shape index (κ2) is 9.23. The Bertz CT molecular complexity index is 366. The molecule has 0 saturated carbocycles.